The van der Waals surface area contributed by atoms with Gasteiger partial charge in [-0.25, -0.2) is 0 Å². The summed E-state index contributed by atoms with van der Waals surface area (Å²) in [6, 6.07) is 0. The summed E-state index contributed by atoms with van der Waals surface area (Å²) >= 11 is 12.0. The van der Waals surface area contributed by atoms with Gasteiger partial charge in [-0.05, 0) is 13.3 Å². The molecule has 1 rings (SSSR count). The number of hydrogen-bond donors (Lipinski definition) is 2. The first-order chi connectivity index (χ1) is 6.65. The number of halogens is 2. The van der Waals surface area contributed by atoms with Crippen LogP contribution in [0.5, 0.6) is 0 Å². The monoisotopic (exact) mass is 239 g/mol. The second-order valence-electron chi connectivity index (χ2n) is 3.65. The van der Waals surface area contributed by atoms with E-state index in [0.717, 1.165) is 6.54 Å². The highest BCUT2D eigenvalue weighted by atomic mass is 35.5. The van der Waals surface area contributed by atoms with E-state index in [4.69, 9.17) is 23.2 Å². The van der Waals surface area contributed by atoms with Crippen LogP contribution in [0, 0.1) is 0 Å². The molecule has 3 nitrogen and oxygen atoms in total. The van der Waals surface area contributed by atoms with Crippen molar-refractivity contribution in [3.63, 3.8) is 0 Å². The standard InChI is InChI=1S/C9H19Cl2N3/c1-3-4-5-6-14-7(2)12-8(10)13-9(14)11/h7-9,12-13H,3-6H2,1-2H3. The molecule has 3 unspecified atom stereocenters. The van der Waals surface area contributed by atoms with Gasteiger partial charge in [0.25, 0.3) is 0 Å². The van der Waals surface area contributed by atoms with Crippen LogP contribution in [0.3, 0.4) is 0 Å². The molecule has 0 radical (unpaired) electrons. The lowest BCUT2D eigenvalue weighted by Gasteiger charge is -2.41. The van der Waals surface area contributed by atoms with Gasteiger partial charge < -0.3 is 0 Å². The summed E-state index contributed by atoms with van der Waals surface area (Å²) < 4.78 is 0. The number of nitrogens with one attached hydrogen (secondary N) is 2. The number of unbranched alkanes of at least 4 members (excludes halogenated alkanes) is 2. The molecule has 5 heteroatoms. The first-order valence-electron chi connectivity index (χ1n) is 5.21. The second kappa shape index (κ2) is 6.13. The Morgan fingerprint density at radius 3 is 2.50 bits per heavy atom. The number of nitrogens with zero attached hydrogens (tertiary/aromatic N) is 1. The molecule has 1 aliphatic rings. The van der Waals surface area contributed by atoms with E-state index in [-0.39, 0.29) is 17.4 Å². The first-order valence-corrected chi connectivity index (χ1v) is 6.08. The van der Waals surface area contributed by atoms with E-state index >= 15 is 0 Å². The first kappa shape index (κ1) is 12.5. The molecule has 3 atom stereocenters. The quantitative estimate of drug-likeness (QED) is 0.447. The molecule has 0 aliphatic carbocycles. The fraction of sp³-hybridized carbons (Fsp3) is 1.00. The van der Waals surface area contributed by atoms with Crippen LogP contribution in [0.25, 0.3) is 0 Å². The minimum atomic E-state index is -0.227. The Balaban J connectivity index is 2.34. The molecule has 1 fully saturated rings. The normalized spacial score (nSPS) is 34.7. The molecule has 14 heavy (non-hydrogen) atoms. The maximum atomic E-state index is 6.14. The molecule has 0 saturated carbocycles. The summed E-state index contributed by atoms with van der Waals surface area (Å²) in [7, 11) is 0. The van der Waals surface area contributed by atoms with Crippen LogP contribution >= 0.6 is 23.2 Å². The number of rotatable bonds is 4. The summed E-state index contributed by atoms with van der Waals surface area (Å²) in [4.78, 5) is 2.18. The summed E-state index contributed by atoms with van der Waals surface area (Å²) in [5.74, 6) is 0. The van der Waals surface area contributed by atoms with Crippen LogP contribution in [0.2, 0.25) is 0 Å². The van der Waals surface area contributed by atoms with Crippen LogP contribution < -0.4 is 10.6 Å². The van der Waals surface area contributed by atoms with Gasteiger partial charge in [0.2, 0.25) is 0 Å². The van der Waals surface area contributed by atoms with Gasteiger partial charge in [-0.2, -0.15) is 0 Å². The van der Waals surface area contributed by atoms with Gasteiger partial charge in [0.15, 0.2) is 0 Å². The molecule has 0 bridgehead atoms. The molecule has 0 aromatic heterocycles. The maximum Gasteiger partial charge on any atom is 0.141 e. The molecule has 0 spiro atoms. The Hall–Kier alpha value is 0.460. The third kappa shape index (κ3) is 3.55. The molecular formula is C9H19Cl2N3. The molecule has 2 N–H and O–H groups in total. The number of alkyl halides is 2. The van der Waals surface area contributed by atoms with Crippen molar-refractivity contribution < 1.29 is 0 Å². The van der Waals surface area contributed by atoms with Crippen molar-refractivity contribution in [3.05, 3.63) is 0 Å². The highest BCUT2D eigenvalue weighted by Crippen LogP contribution is 2.14. The van der Waals surface area contributed by atoms with Gasteiger partial charge in [0, 0.05) is 6.54 Å². The maximum absolute atomic E-state index is 6.14. The molecule has 0 aromatic carbocycles. The lowest BCUT2D eigenvalue weighted by atomic mass is 10.2. The summed E-state index contributed by atoms with van der Waals surface area (Å²) in [6.07, 6.45) is 3.89. The van der Waals surface area contributed by atoms with Crippen molar-refractivity contribution in [2.45, 2.75) is 50.5 Å². The average Bonchev–Trinajstić information content (AvgIpc) is 2.09. The van der Waals surface area contributed by atoms with Crippen molar-refractivity contribution in [2.75, 3.05) is 6.54 Å². The Kier molecular flexibility index (Phi) is 5.49. The van der Waals surface area contributed by atoms with E-state index in [1.54, 1.807) is 0 Å². The highest BCUT2D eigenvalue weighted by molar-refractivity contribution is 6.23. The van der Waals surface area contributed by atoms with Gasteiger partial charge >= 0.3 is 0 Å². The van der Waals surface area contributed by atoms with Gasteiger partial charge in [-0.15, -0.1) is 0 Å². The van der Waals surface area contributed by atoms with Crippen LogP contribution in [0.4, 0.5) is 0 Å². The molecule has 0 aromatic rings. The SMILES string of the molecule is CCCCCN1C(C)NC(Cl)NC1Cl. The molecule has 1 saturated heterocycles. The molecule has 0 amide bonds. The summed E-state index contributed by atoms with van der Waals surface area (Å²) in [6.45, 7) is 5.29. The zero-order valence-corrected chi connectivity index (χ0v) is 10.3. The van der Waals surface area contributed by atoms with Gasteiger partial charge in [0.1, 0.15) is 11.2 Å². The van der Waals surface area contributed by atoms with E-state index in [0.29, 0.717) is 0 Å². The molecule has 1 aliphatic heterocycles. The van der Waals surface area contributed by atoms with Crippen molar-refractivity contribution >= 4 is 23.2 Å². The Bertz CT molecular complexity index is 156. The average molecular weight is 240 g/mol. The zero-order chi connectivity index (χ0) is 10.6. The number of hydrogen-bond acceptors (Lipinski definition) is 3. The van der Waals surface area contributed by atoms with E-state index in [9.17, 15) is 0 Å². The predicted octanol–water partition coefficient (Wildman–Crippen LogP) is 2.06. The zero-order valence-electron chi connectivity index (χ0n) is 8.76. The second-order valence-corrected chi connectivity index (χ2v) is 4.50. The fourth-order valence-corrected chi connectivity index (χ4v) is 2.38. The van der Waals surface area contributed by atoms with Crippen molar-refractivity contribution in [1.29, 1.82) is 0 Å². The lowest BCUT2D eigenvalue weighted by molar-refractivity contribution is 0.0889. The largest absolute Gasteiger partial charge is 0.274 e. The predicted molar refractivity (Wildman–Crippen MR) is 61.2 cm³/mol. The van der Waals surface area contributed by atoms with Crippen molar-refractivity contribution in [1.82, 2.24) is 15.5 Å². The van der Waals surface area contributed by atoms with E-state index < -0.39 is 0 Å². The lowest BCUT2D eigenvalue weighted by Crippen LogP contribution is -2.64. The van der Waals surface area contributed by atoms with Crippen LogP contribution in [-0.4, -0.2) is 28.9 Å². The Morgan fingerprint density at radius 1 is 1.21 bits per heavy atom. The van der Waals surface area contributed by atoms with Crippen LogP contribution in [-0.2, 0) is 0 Å². The van der Waals surface area contributed by atoms with Crippen molar-refractivity contribution in [3.8, 4) is 0 Å². The Labute approximate surface area is 96.1 Å². The minimum absolute atomic E-state index is 0.161. The highest BCUT2D eigenvalue weighted by Gasteiger charge is 2.29. The third-order valence-electron chi connectivity index (χ3n) is 2.48. The van der Waals surface area contributed by atoms with E-state index in [1.165, 1.54) is 19.3 Å². The smallest absolute Gasteiger partial charge is 0.141 e. The molecule has 84 valence electrons. The third-order valence-corrected chi connectivity index (χ3v) is 3.11. The summed E-state index contributed by atoms with van der Waals surface area (Å²) in [5, 5.41) is 6.21. The van der Waals surface area contributed by atoms with Gasteiger partial charge in [-0.3, -0.25) is 15.5 Å². The minimum Gasteiger partial charge on any atom is -0.274 e. The fourth-order valence-electron chi connectivity index (χ4n) is 1.62. The Morgan fingerprint density at radius 2 is 1.93 bits per heavy atom. The van der Waals surface area contributed by atoms with Crippen LogP contribution in [0.1, 0.15) is 33.1 Å². The molecule has 1 heterocycles. The van der Waals surface area contributed by atoms with Crippen molar-refractivity contribution in [2.24, 2.45) is 0 Å². The van der Waals surface area contributed by atoms with E-state index in [1.807, 2.05) is 0 Å². The van der Waals surface area contributed by atoms with Crippen LogP contribution in [0.15, 0.2) is 0 Å². The summed E-state index contributed by atoms with van der Waals surface area (Å²) in [5.41, 5.74) is -0.388. The van der Waals surface area contributed by atoms with Gasteiger partial charge in [-0.1, -0.05) is 43.0 Å². The van der Waals surface area contributed by atoms with E-state index in [2.05, 4.69) is 29.4 Å². The van der Waals surface area contributed by atoms with Gasteiger partial charge in [0.05, 0.1) is 6.17 Å². The molecular weight excluding hydrogens is 221 g/mol. The topological polar surface area (TPSA) is 27.3 Å².